The van der Waals surface area contributed by atoms with E-state index in [0.29, 0.717) is 12.2 Å². The van der Waals surface area contributed by atoms with Gasteiger partial charge in [0, 0.05) is 11.8 Å². The number of hydrogen-bond donors (Lipinski definition) is 0. The number of nitrogens with zero attached hydrogens (tertiary/aromatic N) is 4. The fourth-order valence-corrected chi connectivity index (χ4v) is 3.98. The van der Waals surface area contributed by atoms with Gasteiger partial charge in [-0.15, -0.1) is 0 Å². The molecule has 0 N–H and O–H groups in total. The number of methoxy groups -OCH3 is 1. The molecular formula is C22H20N4O4. The summed E-state index contributed by atoms with van der Waals surface area (Å²) in [4.78, 5) is 33.0. The average molecular weight is 404 g/mol. The van der Waals surface area contributed by atoms with Crippen LogP contribution in [0.3, 0.4) is 0 Å². The third-order valence-electron chi connectivity index (χ3n) is 5.45. The van der Waals surface area contributed by atoms with Gasteiger partial charge in [0.25, 0.3) is 0 Å². The Hall–Kier alpha value is -3.65. The fourth-order valence-electron chi connectivity index (χ4n) is 3.98. The molecule has 0 spiro atoms. The van der Waals surface area contributed by atoms with E-state index < -0.39 is 12.0 Å². The maximum atomic E-state index is 13.0. The van der Waals surface area contributed by atoms with Crippen LogP contribution >= 0.6 is 0 Å². The molecule has 2 aromatic carbocycles. The van der Waals surface area contributed by atoms with Gasteiger partial charge in [0.15, 0.2) is 6.04 Å². The summed E-state index contributed by atoms with van der Waals surface area (Å²) in [6, 6.07) is 17.6. The van der Waals surface area contributed by atoms with E-state index in [1.165, 1.54) is 17.1 Å². The number of hydroxylamine groups is 2. The van der Waals surface area contributed by atoms with Crippen LogP contribution in [0, 0.1) is 0 Å². The van der Waals surface area contributed by atoms with Gasteiger partial charge in [-0.2, -0.15) is 10.2 Å². The minimum absolute atomic E-state index is 0.252. The van der Waals surface area contributed by atoms with Crippen LogP contribution < -0.4 is 0 Å². The third-order valence-corrected chi connectivity index (χ3v) is 5.45. The summed E-state index contributed by atoms with van der Waals surface area (Å²) in [6.07, 6.45) is 1.86. The number of para-hydroxylation sites is 1. The molecule has 5 rings (SSSR count). The monoisotopic (exact) mass is 404 g/mol. The molecule has 3 aromatic rings. The van der Waals surface area contributed by atoms with Crippen molar-refractivity contribution >= 4 is 12.0 Å². The summed E-state index contributed by atoms with van der Waals surface area (Å²) in [5, 5.41) is 5.99. The number of rotatable bonds is 5. The second-order valence-electron chi connectivity index (χ2n) is 7.21. The lowest BCUT2D eigenvalue weighted by Gasteiger charge is -2.27. The van der Waals surface area contributed by atoms with E-state index in [0.717, 1.165) is 16.8 Å². The first-order chi connectivity index (χ1) is 14.7. The van der Waals surface area contributed by atoms with Crippen molar-refractivity contribution < 1.29 is 19.2 Å². The Balaban J connectivity index is 1.52. The fraction of sp³-hybridized carbons (Fsp3) is 0.227. The van der Waals surface area contributed by atoms with Crippen molar-refractivity contribution in [1.29, 1.82) is 0 Å². The molecule has 8 heteroatoms. The van der Waals surface area contributed by atoms with Crippen molar-refractivity contribution in [2.75, 3.05) is 13.7 Å². The molecule has 3 heterocycles. The van der Waals surface area contributed by atoms with Crippen LogP contribution in [0.25, 0.3) is 5.69 Å². The summed E-state index contributed by atoms with van der Waals surface area (Å²) in [6.45, 7) is 0.586. The highest BCUT2D eigenvalue weighted by molar-refractivity contribution is 5.87. The molecule has 2 unspecified atom stereocenters. The topological polar surface area (TPSA) is 76.9 Å². The molecular weight excluding hydrogens is 384 g/mol. The second kappa shape index (κ2) is 7.31. The third kappa shape index (κ3) is 2.93. The minimum atomic E-state index is -0.899. The maximum absolute atomic E-state index is 13.0. The minimum Gasteiger partial charge on any atom is -0.467 e. The highest BCUT2D eigenvalue weighted by Crippen LogP contribution is 2.44. The molecule has 2 bridgehead atoms. The van der Waals surface area contributed by atoms with Crippen LogP contribution in [0.4, 0.5) is 4.79 Å². The van der Waals surface area contributed by atoms with Crippen molar-refractivity contribution in [3.8, 4) is 5.69 Å². The standard InChI is InChI=1S/C22H20N4O4/c1-29-21(27)20-19-17(12-25(23-19)16-10-6-3-7-11-16)18-13-24(20)22(28)26(18)30-14-15-8-4-2-5-9-15/h2-12,18,20H,13-14H2,1H3. The van der Waals surface area contributed by atoms with E-state index in [9.17, 15) is 9.59 Å². The molecule has 2 amide bonds. The zero-order valence-electron chi connectivity index (χ0n) is 16.3. The molecule has 8 nitrogen and oxygen atoms in total. The predicted octanol–water partition coefficient (Wildman–Crippen LogP) is 3.01. The summed E-state index contributed by atoms with van der Waals surface area (Å²) in [5.41, 5.74) is 3.11. The molecule has 0 aliphatic carbocycles. The van der Waals surface area contributed by atoms with Crippen LogP contribution in [0.2, 0.25) is 0 Å². The lowest BCUT2D eigenvalue weighted by atomic mass is 9.98. The molecule has 0 saturated carbocycles. The molecule has 1 aromatic heterocycles. The number of carbonyl (C=O) groups excluding carboxylic acids is 2. The molecule has 1 fully saturated rings. The van der Waals surface area contributed by atoms with Crippen molar-refractivity contribution in [3.63, 3.8) is 0 Å². The number of hydrogen-bond acceptors (Lipinski definition) is 5. The normalized spacial score (nSPS) is 19.7. The van der Waals surface area contributed by atoms with Gasteiger partial charge in [-0.25, -0.2) is 14.3 Å². The number of carbonyl (C=O) groups is 2. The van der Waals surface area contributed by atoms with Crippen LogP contribution in [0.5, 0.6) is 0 Å². The van der Waals surface area contributed by atoms with E-state index >= 15 is 0 Å². The van der Waals surface area contributed by atoms with Gasteiger partial charge in [-0.1, -0.05) is 48.5 Å². The molecule has 152 valence electrons. The highest BCUT2D eigenvalue weighted by Gasteiger charge is 2.53. The lowest BCUT2D eigenvalue weighted by Crippen LogP contribution is -2.39. The smallest absolute Gasteiger partial charge is 0.345 e. The van der Waals surface area contributed by atoms with E-state index in [2.05, 4.69) is 5.10 Å². The van der Waals surface area contributed by atoms with E-state index in [1.54, 1.807) is 4.68 Å². The predicted molar refractivity (Wildman–Crippen MR) is 106 cm³/mol. The Morgan fingerprint density at radius 3 is 2.50 bits per heavy atom. The molecule has 2 aliphatic heterocycles. The number of amides is 2. The maximum Gasteiger partial charge on any atom is 0.345 e. The van der Waals surface area contributed by atoms with E-state index in [-0.39, 0.29) is 18.7 Å². The number of benzene rings is 2. The van der Waals surface area contributed by atoms with Crippen LogP contribution in [0.1, 0.15) is 28.9 Å². The van der Waals surface area contributed by atoms with Crippen molar-refractivity contribution in [2.45, 2.75) is 18.7 Å². The second-order valence-corrected chi connectivity index (χ2v) is 7.21. The number of esters is 1. The van der Waals surface area contributed by atoms with Crippen LogP contribution in [-0.2, 0) is 21.0 Å². The summed E-state index contributed by atoms with van der Waals surface area (Å²) in [5.74, 6) is -0.522. The molecule has 0 radical (unpaired) electrons. The summed E-state index contributed by atoms with van der Waals surface area (Å²) >= 11 is 0. The first-order valence-corrected chi connectivity index (χ1v) is 9.66. The zero-order valence-corrected chi connectivity index (χ0v) is 16.3. The van der Waals surface area contributed by atoms with E-state index in [4.69, 9.17) is 9.57 Å². The van der Waals surface area contributed by atoms with Crippen LogP contribution in [-0.4, -0.2) is 45.4 Å². The molecule has 1 saturated heterocycles. The Labute approximate surface area is 173 Å². The number of fused-ring (bicyclic) bond motifs is 4. The number of ether oxygens (including phenoxy) is 1. The van der Waals surface area contributed by atoms with Gasteiger partial charge in [-0.05, 0) is 17.7 Å². The first kappa shape index (κ1) is 18.4. The Kier molecular flexibility index (Phi) is 4.48. The van der Waals surface area contributed by atoms with Gasteiger partial charge in [0.2, 0.25) is 0 Å². The molecule has 2 atom stereocenters. The largest absolute Gasteiger partial charge is 0.467 e. The quantitative estimate of drug-likeness (QED) is 0.611. The average Bonchev–Trinajstić information content (AvgIpc) is 3.35. The highest BCUT2D eigenvalue weighted by atomic mass is 16.7. The molecule has 2 aliphatic rings. The summed E-state index contributed by atoms with van der Waals surface area (Å²) in [7, 11) is 1.31. The van der Waals surface area contributed by atoms with Gasteiger partial charge in [-0.3, -0.25) is 4.84 Å². The van der Waals surface area contributed by atoms with Gasteiger partial charge in [0.05, 0.1) is 19.3 Å². The van der Waals surface area contributed by atoms with Crippen molar-refractivity contribution in [1.82, 2.24) is 19.7 Å². The Bertz CT molecular complexity index is 1080. The Morgan fingerprint density at radius 2 is 1.80 bits per heavy atom. The van der Waals surface area contributed by atoms with Gasteiger partial charge >= 0.3 is 12.0 Å². The van der Waals surface area contributed by atoms with Crippen molar-refractivity contribution in [2.24, 2.45) is 0 Å². The number of aromatic nitrogens is 2. The van der Waals surface area contributed by atoms with Crippen molar-refractivity contribution in [3.05, 3.63) is 83.7 Å². The SMILES string of the molecule is COC(=O)C1c2nn(-c3ccccc3)cc2C2CN1C(=O)N2OCc1ccccc1. The van der Waals surface area contributed by atoms with Crippen LogP contribution in [0.15, 0.2) is 66.9 Å². The summed E-state index contributed by atoms with van der Waals surface area (Å²) < 4.78 is 6.71. The number of urea groups is 1. The molecule has 30 heavy (non-hydrogen) atoms. The first-order valence-electron chi connectivity index (χ1n) is 9.66. The zero-order chi connectivity index (χ0) is 20.7. The Morgan fingerprint density at radius 1 is 1.10 bits per heavy atom. The van der Waals surface area contributed by atoms with Gasteiger partial charge < -0.3 is 9.64 Å². The lowest BCUT2D eigenvalue weighted by molar-refractivity contribution is -0.146. The van der Waals surface area contributed by atoms with Gasteiger partial charge in [0.1, 0.15) is 18.3 Å². The van der Waals surface area contributed by atoms with E-state index in [1.807, 2.05) is 66.9 Å².